The van der Waals surface area contributed by atoms with Crippen LogP contribution >= 0.6 is 11.6 Å². The number of anilines is 1. The van der Waals surface area contributed by atoms with Crippen LogP contribution in [0.25, 0.3) is 0 Å². The van der Waals surface area contributed by atoms with Crippen molar-refractivity contribution in [3.63, 3.8) is 0 Å². The molecule has 7 heteroatoms. The van der Waals surface area contributed by atoms with Crippen LogP contribution < -0.4 is 10.6 Å². The van der Waals surface area contributed by atoms with Crippen LogP contribution in [0.4, 0.5) is 10.4 Å². The molecular formula is C14H18ClFN4O. The van der Waals surface area contributed by atoms with Gasteiger partial charge in [-0.05, 0) is 30.2 Å². The summed E-state index contributed by atoms with van der Waals surface area (Å²) in [6.45, 7) is 6.11. The van der Waals surface area contributed by atoms with E-state index in [1.807, 2.05) is 0 Å². The number of aromatic nitrogens is 2. The Hall–Kier alpha value is -1.66. The fourth-order valence-electron chi connectivity index (χ4n) is 1.69. The number of nitrogens with one attached hydrogen (secondary N) is 2. The lowest BCUT2D eigenvalue weighted by Crippen LogP contribution is -2.19. The Kier molecular flexibility index (Phi) is 5.52. The third-order valence-corrected chi connectivity index (χ3v) is 3.01. The highest BCUT2D eigenvalue weighted by atomic mass is 35.5. The number of rotatable bonds is 7. The van der Waals surface area contributed by atoms with Crippen LogP contribution in [0.5, 0.6) is 0 Å². The van der Waals surface area contributed by atoms with Crippen LogP contribution in [-0.4, -0.2) is 16.7 Å². The predicted octanol–water partition coefficient (Wildman–Crippen LogP) is 3.22. The topological polar surface area (TPSA) is 63.0 Å². The second-order valence-electron chi connectivity index (χ2n) is 5.13. The number of hydrogen-bond acceptors (Lipinski definition) is 5. The number of halogens is 2. The lowest BCUT2D eigenvalue weighted by molar-refractivity contribution is 0.458. The lowest BCUT2D eigenvalue weighted by atomic mass is 10.2. The highest BCUT2D eigenvalue weighted by molar-refractivity contribution is 6.30. The Morgan fingerprint density at radius 3 is 2.81 bits per heavy atom. The Balaban J connectivity index is 1.83. The van der Waals surface area contributed by atoms with Crippen LogP contribution in [0, 0.1) is 11.7 Å². The molecule has 0 aliphatic heterocycles. The molecule has 1 heterocycles. The summed E-state index contributed by atoms with van der Waals surface area (Å²) in [5.41, 5.74) is 0.832. The maximum Gasteiger partial charge on any atom is 0.315 e. The van der Waals surface area contributed by atoms with E-state index in [2.05, 4.69) is 34.7 Å². The third kappa shape index (κ3) is 4.99. The minimum Gasteiger partial charge on any atom is -0.407 e. The summed E-state index contributed by atoms with van der Waals surface area (Å²) >= 11 is 5.72. The van der Waals surface area contributed by atoms with Crippen molar-refractivity contribution in [3.05, 3.63) is 40.5 Å². The predicted molar refractivity (Wildman–Crippen MR) is 79.6 cm³/mol. The van der Waals surface area contributed by atoms with Crippen molar-refractivity contribution >= 4 is 17.6 Å². The van der Waals surface area contributed by atoms with Crippen molar-refractivity contribution in [1.82, 2.24) is 15.5 Å². The fraction of sp³-hybridized carbons (Fsp3) is 0.429. The second-order valence-corrected chi connectivity index (χ2v) is 5.53. The molecule has 2 rings (SSSR count). The second kappa shape index (κ2) is 7.38. The minimum absolute atomic E-state index is 0.0957. The molecule has 0 aliphatic rings. The molecule has 5 nitrogen and oxygen atoms in total. The van der Waals surface area contributed by atoms with Gasteiger partial charge in [-0.25, -0.2) is 4.39 Å². The van der Waals surface area contributed by atoms with Gasteiger partial charge in [-0.1, -0.05) is 36.6 Å². The molecule has 0 radical (unpaired) electrons. The molecule has 0 bridgehead atoms. The largest absolute Gasteiger partial charge is 0.407 e. The smallest absolute Gasteiger partial charge is 0.315 e. The van der Waals surface area contributed by atoms with Crippen molar-refractivity contribution in [2.45, 2.75) is 26.9 Å². The highest BCUT2D eigenvalue weighted by Gasteiger charge is 2.06. The van der Waals surface area contributed by atoms with Crippen molar-refractivity contribution in [1.29, 1.82) is 0 Å². The van der Waals surface area contributed by atoms with Crippen LogP contribution in [0.2, 0.25) is 5.02 Å². The maximum atomic E-state index is 13.0. The van der Waals surface area contributed by atoms with Crippen LogP contribution in [0.3, 0.4) is 0 Å². The molecule has 0 saturated heterocycles. The van der Waals surface area contributed by atoms with Gasteiger partial charge in [0.2, 0.25) is 5.89 Å². The van der Waals surface area contributed by atoms with Crippen molar-refractivity contribution in [3.8, 4) is 0 Å². The summed E-state index contributed by atoms with van der Waals surface area (Å²) in [5, 5.41) is 14.1. The van der Waals surface area contributed by atoms with Crippen molar-refractivity contribution in [2.75, 3.05) is 11.9 Å². The van der Waals surface area contributed by atoms with Gasteiger partial charge >= 0.3 is 6.01 Å². The zero-order valence-electron chi connectivity index (χ0n) is 12.0. The molecule has 1 aromatic carbocycles. The van der Waals surface area contributed by atoms with E-state index in [4.69, 9.17) is 16.0 Å². The van der Waals surface area contributed by atoms with Gasteiger partial charge in [-0.3, -0.25) is 0 Å². The van der Waals surface area contributed by atoms with Gasteiger partial charge in [0, 0.05) is 6.54 Å². The molecule has 0 saturated carbocycles. The Labute approximate surface area is 127 Å². The van der Waals surface area contributed by atoms with E-state index < -0.39 is 5.82 Å². The number of hydrogen-bond donors (Lipinski definition) is 2. The summed E-state index contributed by atoms with van der Waals surface area (Å²) in [5.74, 6) is 0.653. The minimum atomic E-state index is -0.434. The zero-order chi connectivity index (χ0) is 15.2. The van der Waals surface area contributed by atoms with Crippen LogP contribution in [0.15, 0.2) is 22.6 Å². The number of benzene rings is 1. The van der Waals surface area contributed by atoms with Crippen LogP contribution in [-0.2, 0) is 13.1 Å². The molecule has 1 aromatic heterocycles. The van der Waals surface area contributed by atoms with E-state index >= 15 is 0 Å². The monoisotopic (exact) mass is 312 g/mol. The summed E-state index contributed by atoms with van der Waals surface area (Å²) in [6.07, 6.45) is 0. The summed E-state index contributed by atoms with van der Waals surface area (Å²) in [6, 6.07) is 4.87. The third-order valence-electron chi connectivity index (χ3n) is 2.72. The Morgan fingerprint density at radius 2 is 2.10 bits per heavy atom. The highest BCUT2D eigenvalue weighted by Crippen LogP contribution is 2.17. The quantitative estimate of drug-likeness (QED) is 0.822. The summed E-state index contributed by atoms with van der Waals surface area (Å²) in [7, 11) is 0. The van der Waals surface area contributed by atoms with E-state index in [0.29, 0.717) is 30.9 Å². The normalized spacial score (nSPS) is 11.1. The van der Waals surface area contributed by atoms with Gasteiger partial charge in [0.15, 0.2) is 0 Å². The maximum absolute atomic E-state index is 13.0. The molecular weight excluding hydrogens is 295 g/mol. The van der Waals surface area contributed by atoms with E-state index in [1.165, 1.54) is 6.07 Å². The Morgan fingerprint density at radius 1 is 1.29 bits per heavy atom. The van der Waals surface area contributed by atoms with Gasteiger partial charge in [0.25, 0.3) is 0 Å². The van der Waals surface area contributed by atoms with Gasteiger partial charge < -0.3 is 15.1 Å². The van der Waals surface area contributed by atoms with E-state index in [-0.39, 0.29) is 5.02 Å². The zero-order valence-corrected chi connectivity index (χ0v) is 12.7. The van der Waals surface area contributed by atoms with Crippen LogP contribution in [0.1, 0.15) is 25.3 Å². The molecule has 2 aromatic rings. The standard InChI is InChI=1S/C14H18ClFN4O/c1-9(2)6-17-8-13-19-20-14(21-13)18-7-10-3-4-12(16)11(15)5-10/h3-5,9,17H,6-8H2,1-2H3,(H,18,20). The van der Waals surface area contributed by atoms with E-state index in [1.54, 1.807) is 12.1 Å². The molecule has 0 aliphatic carbocycles. The lowest BCUT2D eigenvalue weighted by Gasteiger charge is -2.04. The first-order valence-corrected chi connectivity index (χ1v) is 7.13. The van der Waals surface area contributed by atoms with Gasteiger partial charge in [0.05, 0.1) is 11.6 Å². The molecule has 0 unspecified atom stereocenters. The molecule has 21 heavy (non-hydrogen) atoms. The van der Waals surface area contributed by atoms with Gasteiger partial charge in [-0.2, -0.15) is 0 Å². The average Bonchev–Trinajstić information content (AvgIpc) is 2.88. The van der Waals surface area contributed by atoms with Gasteiger partial charge in [0.1, 0.15) is 5.82 Å². The van der Waals surface area contributed by atoms with Crippen molar-refractivity contribution in [2.24, 2.45) is 5.92 Å². The first-order valence-electron chi connectivity index (χ1n) is 6.75. The first-order chi connectivity index (χ1) is 10.0. The fourth-order valence-corrected chi connectivity index (χ4v) is 1.89. The number of nitrogens with zero attached hydrogens (tertiary/aromatic N) is 2. The Bertz CT molecular complexity index is 588. The molecule has 2 N–H and O–H groups in total. The molecule has 0 spiro atoms. The van der Waals surface area contributed by atoms with Crippen molar-refractivity contribution < 1.29 is 8.81 Å². The van der Waals surface area contributed by atoms with E-state index in [0.717, 1.165) is 12.1 Å². The molecule has 0 amide bonds. The summed E-state index contributed by atoms with van der Waals surface area (Å²) in [4.78, 5) is 0. The average molecular weight is 313 g/mol. The van der Waals surface area contributed by atoms with E-state index in [9.17, 15) is 4.39 Å². The molecule has 0 atom stereocenters. The SMILES string of the molecule is CC(C)CNCc1nnc(NCc2ccc(F)c(Cl)c2)o1. The summed E-state index contributed by atoms with van der Waals surface area (Å²) < 4.78 is 18.5. The van der Waals surface area contributed by atoms with Gasteiger partial charge in [-0.15, -0.1) is 5.10 Å². The first kappa shape index (κ1) is 15.7. The molecule has 114 valence electrons. The molecule has 0 fully saturated rings.